The van der Waals surface area contributed by atoms with E-state index in [1.165, 1.54) is 30.0 Å². The number of furan rings is 1. The summed E-state index contributed by atoms with van der Waals surface area (Å²) in [6.07, 6.45) is 1.55. The highest BCUT2D eigenvalue weighted by Crippen LogP contribution is 2.31. The molecule has 0 unspecified atom stereocenters. The third-order valence-electron chi connectivity index (χ3n) is 3.54. The van der Waals surface area contributed by atoms with Crippen molar-refractivity contribution >= 4 is 39.8 Å². The number of para-hydroxylation sites is 1. The monoisotopic (exact) mass is 398 g/mol. The molecule has 0 N–H and O–H groups in total. The molecule has 7 nitrogen and oxygen atoms in total. The topological polar surface area (TPSA) is 85.3 Å². The van der Waals surface area contributed by atoms with Crippen LogP contribution in [0.4, 0.5) is 10.8 Å². The Morgan fingerprint density at radius 1 is 1.19 bits per heavy atom. The van der Waals surface area contributed by atoms with Crippen molar-refractivity contribution in [2.24, 2.45) is 0 Å². The Kier molecular flexibility index (Phi) is 5.03. The van der Waals surface area contributed by atoms with Crippen molar-refractivity contribution in [3.05, 3.63) is 59.8 Å². The lowest BCUT2D eigenvalue weighted by atomic mass is 10.3. The summed E-state index contributed by atoms with van der Waals surface area (Å²) in [5.74, 6) is 1.34. The molecule has 0 saturated heterocycles. The van der Waals surface area contributed by atoms with Crippen LogP contribution in [-0.2, 0) is 10.5 Å². The number of benzene rings is 1. The van der Waals surface area contributed by atoms with Gasteiger partial charge in [-0.1, -0.05) is 30.0 Å². The highest BCUT2D eigenvalue weighted by atomic mass is 32.2. The van der Waals surface area contributed by atoms with Crippen LogP contribution < -0.4 is 4.90 Å². The molecule has 9 heteroatoms. The fourth-order valence-corrected chi connectivity index (χ4v) is 4.02. The number of nitrogens with zero attached hydrogens (tertiary/aromatic N) is 4. The van der Waals surface area contributed by atoms with Crippen LogP contribution in [0.5, 0.6) is 0 Å². The first-order valence-electron chi connectivity index (χ1n) is 8.01. The van der Waals surface area contributed by atoms with E-state index in [1.54, 1.807) is 23.3 Å². The lowest BCUT2D eigenvalue weighted by Gasteiger charge is -2.17. The SMILES string of the molecule is CC(=O)N(c1ccccc1)c1nc(CSc2nnc(-c3ccco3)o2)cs1. The van der Waals surface area contributed by atoms with Crippen molar-refractivity contribution in [3.63, 3.8) is 0 Å². The number of hydrogen-bond acceptors (Lipinski definition) is 8. The Hall–Kier alpha value is -2.91. The molecule has 27 heavy (non-hydrogen) atoms. The Morgan fingerprint density at radius 2 is 2.04 bits per heavy atom. The van der Waals surface area contributed by atoms with E-state index < -0.39 is 0 Å². The quantitative estimate of drug-likeness (QED) is 0.433. The molecule has 0 bridgehead atoms. The predicted molar refractivity (Wildman–Crippen MR) is 103 cm³/mol. The van der Waals surface area contributed by atoms with Gasteiger partial charge in [-0.3, -0.25) is 9.69 Å². The van der Waals surface area contributed by atoms with Crippen LogP contribution >= 0.6 is 23.1 Å². The lowest BCUT2D eigenvalue weighted by Crippen LogP contribution is -2.22. The Labute approximate surface area is 163 Å². The van der Waals surface area contributed by atoms with Crippen molar-refractivity contribution in [3.8, 4) is 11.7 Å². The van der Waals surface area contributed by atoms with Gasteiger partial charge in [-0.15, -0.1) is 21.5 Å². The van der Waals surface area contributed by atoms with Crippen LogP contribution in [-0.4, -0.2) is 21.1 Å². The van der Waals surface area contributed by atoms with Crippen molar-refractivity contribution in [2.75, 3.05) is 4.90 Å². The van der Waals surface area contributed by atoms with E-state index in [9.17, 15) is 4.79 Å². The third-order valence-corrected chi connectivity index (χ3v) is 5.27. The predicted octanol–water partition coefficient (Wildman–Crippen LogP) is 4.76. The molecule has 0 spiro atoms. The van der Waals surface area contributed by atoms with Crippen molar-refractivity contribution < 1.29 is 13.6 Å². The van der Waals surface area contributed by atoms with Gasteiger partial charge in [0, 0.05) is 18.1 Å². The van der Waals surface area contributed by atoms with Gasteiger partial charge >= 0.3 is 0 Å². The zero-order valence-corrected chi connectivity index (χ0v) is 15.9. The maximum atomic E-state index is 12.1. The van der Waals surface area contributed by atoms with Crippen molar-refractivity contribution in [1.82, 2.24) is 15.2 Å². The van der Waals surface area contributed by atoms with E-state index in [2.05, 4.69) is 15.2 Å². The molecule has 1 amide bonds. The van der Waals surface area contributed by atoms with Crippen molar-refractivity contribution in [1.29, 1.82) is 0 Å². The minimum Gasteiger partial charge on any atom is -0.459 e. The van der Waals surface area contributed by atoms with Crippen molar-refractivity contribution in [2.45, 2.75) is 17.9 Å². The number of thioether (sulfide) groups is 1. The molecular weight excluding hydrogens is 384 g/mol. The van der Waals surface area contributed by atoms with E-state index in [0.717, 1.165) is 11.4 Å². The van der Waals surface area contributed by atoms with Gasteiger partial charge in [0.15, 0.2) is 10.9 Å². The molecule has 0 radical (unpaired) electrons. The van der Waals surface area contributed by atoms with Crippen LogP contribution in [0.3, 0.4) is 0 Å². The van der Waals surface area contributed by atoms with E-state index >= 15 is 0 Å². The molecule has 0 saturated carbocycles. The Balaban J connectivity index is 1.46. The van der Waals surface area contributed by atoms with Gasteiger partial charge in [-0.05, 0) is 24.3 Å². The molecular formula is C18H14N4O3S2. The summed E-state index contributed by atoms with van der Waals surface area (Å²) in [5.41, 5.74) is 1.62. The van der Waals surface area contributed by atoms with E-state index in [-0.39, 0.29) is 5.91 Å². The fourth-order valence-electron chi connectivity index (χ4n) is 2.37. The second kappa shape index (κ2) is 7.77. The Morgan fingerprint density at radius 3 is 2.78 bits per heavy atom. The van der Waals surface area contributed by atoms with E-state index in [4.69, 9.17) is 8.83 Å². The number of hydrogen-bond donors (Lipinski definition) is 0. The number of amides is 1. The number of carbonyl (C=O) groups excluding carboxylic acids is 1. The standard InChI is InChI=1S/C18H14N4O3S2/c1-12(23)22(14-6-3-2-4-7-14)17-19-13(10-26-17)11-27-18-21-20-16(25-18)15-8-5-9-24-15/h2-10H,11H2,1H3. The second-order valence-corrected chi connectivity index (χ2v) is 7.21. The lowest BCUT2D eigenvalue weighted by molar-refractivity contribution is -0.115. The molecule has 3 aromatic heterocycles. The van der Waals surface area contributed by atoms with E-state index in [0.29, 0.717) is 27.8 Å². The van der Waals surface area contributed by atoms with Crippen LogP contribution in [0.15, 0.2) is 68.2 Å². The van der Waals surface area contributed by atoms with Crippen LogP contribution in [0.25, 0.3) is 11.7 Å². The number of carbonyl (C=O) groups is 1. The number of thiazole rings is 1. The second-order valence-electron chi connectivity index (χ2n) is 5.45. The summed E-state index contributed by atoms with van der Waals surface area (Å²) in [5, 5.41) is 11.0. The van der Waals surface area contributed by atoms with Crippen LogP contribution in [0.2, 0.25) is 0 Å². The minimum absolute atomic E-state index is 0.0882. The highest BCUT2D eigenvalue weighted by Gasteiger charge is 2.18. The van der Waals surface area contributed by atoms with Gasteiger partial charge in [0.25, 0.3) is 11.1 Å². The maximum Gasteiger partial charge on any atom is 0.284 e. The molecule has 4 aromatic rings. The number of rotatable bonds is 6. The normalized spacial score (nSPS) is 10.9. The first kappa shape index (κ1) is 17.5. The molecule has 0 aliphatic carbocycles. The van der Waals surface area contributed by atoms with Gasteiger partial charge in [0.2, 0.25) is 5.91 Å². The molecule has 4 rings (SSSR count). The summed E-state index contributed by atoms with van der Waals surface area (Å²) in [6, 6.07) is 13.0. The first-order chi connectivity index (χ1) is 13.2. The Bertz CT molecular complexity index is 1030. The number of anilines is 2. The summed E-state index contributed by atoms with van der Waals surface area (Å²) < 4.78 is 10.8. The van der Waals surface area contributed by atoms with Gasteiger partial charge < -0.3 is 8.83 Å². The summed E-state index contributed by atoms with van der Waals surface area (Å²) in [4.78, 5) is 18.3. The van der Waals surface area contributed by atoms with Gasteiger partial charge in [-0.25, -0.2) is 4.98 Å². The molecule has 136 valence electrons. The van der Waals surface area contributed by atoms with Crippen LogP contribution in [0, 0.1) is 0 Å². The zero-order chi connectivity index (χ0) is 18.6. The molecule has 3 heterocycles. The first-order valence-corrected chi connectivity index (χ1v) is 9.87. The molecule has 0 aliphatic rings. The molecule has 1 aromatic carbocycles. The van der Waals surface area contributed by atoms with Gasteiger partial charge in [0.05, 0.1) is 17.6 Å². The van der Waals surface area contributed by atoms with E-state index in [1.807, 2.05) is 35.7 Å². The summed E-state index contributed by atoms with van der Waals surface area (Å²) >= 11 is 2.80. The average Bonchev–Trinajstić information content (AvgIpc) is 3.42. The number of aromatic nitrogens is 3. The highest BCUT2D eigenvalue weighted by molar-refractivity contribution is 7.98. The van der Waals surface area contributed by atoms with Crippen LogP contribution in [0.1, 0.15) is 12.6 Å². The van der Waals surface area contributed by atoms with Gasteiger partial charge in [0.1, 0.15) is 0 Å². The largest absolute Gasteiger partial charge is 0.459 e. The smallest absolute Gasteiger partial charge is 0.284 e. The third kappa shape index (κ3) is 3.93. The summed E-state index contributed by atoms with van der Waals surface area (Å²) in [7, 11) is 0. The molecule has 0 fully saturated rings. The summed E-state index contributed by atoms with van der Waals surface area (Å²) in [6.45, 7) is 1.53. The van der Waals surface area contributed by atoms with Gasteiger partial charge in [-0.2, -0.15) is 0 Å². The average molecular weight is 398 g/mol. The molecule has 0 atom stereocenters. The fraction of sp³-hybridized carbons (Fsp3) is 0.111. The zero-order valence-electron chi connectivity index (χ0n) is 14.2. The minimum atomic E-state index is -0.0882. The maximum absolute atomic E-state index is 12.1. The molecule has 0 aliphatic heterocycles.